The van der Waals surface area contributed by atoms with Crippen LogP contribution in [0.2, 0.25) is 0 Å². The third kappa shape index (κ3) is 2.31. The average molecular weight is 238 g/mol. The van der Waals surface area contributed by atoms with E-state index >= 15 is 0 Å². The van der Waals surface area contributed by atoms with Crippen LogP contribution in [0.15, 0.2) is 0 Å². The van der Waals surface area contributed by atoms with E-state index in [1.54, 1.807) is 4.68 Å². The minimum atomic E-state index is -0.973. The first-order valence-corrected chi connectivity index (χ1v) is 5.98. The highest BCUT2D eigenvalue weighted by atomic mass is 16.4. The maximum absolute atomic E-state index is 11.1. The van der Waals surface area contributed by atoms with Crippen molar-refractivity contribution in [2.24, 2.45) is 0 Å². The van der Waals surface area contributed by atoms with Crippen LogP contribution in [-0.4, -0.2) is 51.1 Å². The minimum Gasteiger partial charge on any atom is -0.476 e. The summed E-state index contributed by atoms with van der Waals surface area (Å²) in [6.07, 6.45) is 1.95. The maximum Gasteiger partial charge on any atom is 0.358 e. The van der Waals surface area contributed by atoms with Crippen molar-refractivity contribution in [3.63, 3.8) is 0 Å². The molecule has 1 saturated heterocycles. The fraction of sp³-hybridized carbons (Fsp3) is 0.727. The van der Waals surface area contributed by atoms with Gasteiger partial charge in [-0.25, -0.2) is 9.48 Å². The lowest BCUT2D eigenvalue weighted by atomic mass is 9.92. The molecule has 17 heavy (non-hydrogen) atoms. The molecule has 0 amide bonds. The van der Waals surface area contributed by atoms with Crippen molar-refractivity contribution in [3.05, 3.63) is 11.4 Å². The van der Waals surface area contributed by atoms with Gasteiger partial charge in [-0.15, -0.1) is 5.10 Å². The van der Waals surface area contributed by atoms with Crippen LogP contribution in [0, 0.1) is 0 Å². The Hall–Kier alpha value is -1.43. The maximum atomic E-state index is 11.1. The van der Waals surface area contributed by atoms with Crippen LogP contribution in [0.5, 0.6) is 0 Å². The van der Waals surface area contributed by atoms with Crippen molar-refractivity contribution >= 4 is 5.97 Å². The van der Waals surface area contributed by atoms with E-state index in [0.717, 1.165) is 31.6 Å². The molecule has 1 aliphatic heterocycles. The molecule has 0 radical (unpaired) electrons. The SMILES string of the molecule is CCn1nnc(C(=O)O)c1C1CCN(C)CC1. The van der Waals surface area contributed by atoms with E-state index in [-0.39, 0.29) is 11.6 Å². The number of piperidine rings is 1. The quantitative estimate of drug-likeness (QED) is 0.843. The summed E-state index contributed by atoms with van der Waals surface area (Å²) in [5.41, 5.74) is 0.925. The number of carboxylic acid groups (broad SMARTS) is 1. The normalized spacial score (nSPS) is 18.5. The number of aromatic nitrogens is 3. The summed E-state index contributed by atoms with van der Waals surface area (Å²) >= 11 is 0. The van der Waals surface area contributed by atoms with Crippen molar-refractivity contribution in [2.75, 3.05) is 20.1 Å². The number of rotatable bonds is 3. The second-order valence-corrected chi connectivity index (χ2v) is 4.52. The predicted molar refractivity (Wildman–Crippen MR) is 62.1 cm³/mol. The molecule has 0 atom stereocenters. The summed E-state index contributed by atoms with van der Waals surface area (Å²) in [6.45, 7) is 4.62. The van der Waals surface area contributed by atoms with Crippen molar-refractivity contribution in [1.29, 1.82) is 0 Å². The van der Waals surface area contributed by atoms with E-state index in [1.165, 1.54) is 0 Å². The fourth-order valence-corrected chi connectivity index (χ4v) is 2.39. The van der Waals surface area contributed by atoms with E-state index in [4.69, 9.17) is 5.11 Å². The molecule has 2 heterocycles. The van der Waals surface area contributed by atoms with E-state index < -0.39 is 5.97 Å². The molecule has 1 N–H and O–H groups in total. The van der Waals surface area contributed by atoms with Crippen molar-refractivity contribution in [2.45, 2.75) is 32.2 Å². The van der Waals surface area contributed by atoms with Crippen LogP contribution in [-0.2, 0) is 6.54 Å². The van der Waals surface area contributed by atoms with Crippen LogP contribution in [0.3, 0.4) is 0 Å². The number of hydrogen-bond acceptors (Lipinski definition) is 4. The lowest BCUT2D eigenvalue weighted by molar-refractivity contribution is 0.0687. The van der Waals surface area contributed by atoms with Gasteiger partial charge in [-0.05, 0) is 39.9 Å². The summed E-state index contributed by atoms with van der Waals surface area (Å²) < 4.78 is 1.72. The molecule has 2 rings (SSSR count). The Balaban J connectivity index is 2.29. The third-order valence-electron chi connectivity index (χ3n) is 3.38. The predicted octanol–water partition coefficient (Wildman–Crippen LogP) is 0.805. The summed E-state index contributed by atoms with van der Waals surface area (Å²) in [5.74, 6) is -0.703. The van der Waals surface area contributed by atoms with Crippen LogP contribution in [0.25, 0.3) is 0 Å². The number of carboxylic acids is 1. The van der Waals surface area contributed by atoms with E-state index in [2.05, 4.69) is 22.3 Å². The third-order valence-corrected chi connectivity index (χ3v) is 3.38. The van der Waals surface area contributed by atoms with Crippen molar-refractivity contribution in [1.82, 2.24) is 19.9 Å². The van der Waals surface area contributed by atoms with E-state index in [9.17, 15) is 4.79 Å². The summed E-state index contributed by atoms with van der Waals surface area (Å²) in [6, 6.07) is 0. The Bertz CT molecular complexity index is 408. The molecule has 1 aromatic heterocycles. The number of hydrogen-bond donors (Lipinski definition) is 1. The molecule has 6 nitrogen and oxygen atoms in total. The topological polar surface area (TPSA) is 71.2 Å². The van der Waals surface area contributed by atoms with Gasteiger partial charge in [0.05, 0.1) is 5.69 Å². The van der Waals surface area contributed by atoms with Gasteiger partial charge in [0, 0.05) is 12.5 Å². The number of aryl methyl sites for hydroxylation is 1. The Morgan fingerprint density at radius 1 is 1.47 bits per heavy atom. The highest BCUT2D eigenvalue weighted by Gasteiger charge is 2.28. The van der Waals surface area contributed by atoms with Gasteiger partial charge in [-0.1, -0.05) is 5.21 Å². The molecule has 0 unspecified atom stereocenters. The van der Waals surface area contributed by atoms with Gasteiger partial charge in [0.25, 0.3) is 0 Å². The zero-order valence-corrected chi connectivity index (χ0v) is 10.3. The first kappa shape index (κ1) is 12.0. The Kier molecular flexibility index (Phi) is 3.42. The van der Waals surface area contributed by atoms with E-state index in [0.29, 0.717) is 6.54 Å². The molecule has 94 valence electrons. The monoisotopic (exact) mass is 238 g/mol. The Labute approximate surface area is 100 Å². The molecule has 0 saturated carbocycles. The number of carbonyl (C=O) groups is 1. The fourth-order valence-electron chi connectivity index (χ4n) is 2.39. The minimum absolute atomic E-state index is 0.126. The van der Waals surface area contributed by atoms with Gasteiger partial charge in [0.15, 0.2) is 5.69 Å². The molecular formula is C11H18N4O2. The molecule has 1 fully saturated rings. The zero-order chi connectivity index (χ0) is 12.4. The first-order chi connectivity index (χ1) is 8.13. The summed E-state index contributed by atoms with van der Waals surface area (Å²) in [7, 11) is 2.09. The van der Waals surface area contributed by atoms with Gasteiger partial charge in [-0.3, -0.25) is 0 Å². The van der Waals surface area contributed by atoms with Crippen LogP contribution >= 0.6 is 0 Å². The second kappa shape index (κ2) is 4.83. The summed E-state index contributed by atoms with van der Waals surface area (Å²) in [4.78, 5) is 13.4. The number of aromatic carboxylic acids is 1. The molecule has 0 bridgehead atoms. The molecule has 6 heteroatoms. The van der Waals surface area contributed by atoms with Crippen LogP contribution in [0.4, 0.5) is 0 Å². The molecule has 0 aromatic carbocycles. The smallest absolute Gasteiger partial charge is 0.358 e. The lowest BCUT2D eigenvalue weighted by Gasteiger charge is -2.29. The molecule has 0 spiro atoms. The standard InChI is InChI=1S/C11H18N4O2/c1-3-15-10(9(11(16)17)12-13-15)8-4-6-14(2)7-5-8/h8H,3-7H2,1-2H3,(H,16,17). The summed E-state index contributed by atoms with van der Waals surface area (Å²) in [5, 5.41) is 16.8. The van der Waals surface area contributed by atoms with Crippen molar-refractivity contribution < 1.29 is 9.90 Å². The first-order valence-electron chi connectivity index (χ1n) is 5.98. The Morgan fingerprint density at radius 2 is 2.12 bits per heavy atom. The molecular weight excluding hydrogens is 220 g/mol. The zero-order valence-electron chi connectivity index (χ0n) is 10.3. The number of likely N-dealkylation sites (tertiary alicyclic amines) is 1. The second-order valence-electron chi connectivity index (χ2n) is 4.52. The van der Waals surface area contributed by atoms with Gasteiger partial charge in [0.2, 0.25) is 0 Å². The lowest BCUT2D eigenvalue weighted by Crippen LogP contribution is -2.30. The van der Waals surface area contributed by atoms with E-state index in [1.807, 2.05) is 6.92 Å². The van der Waals surface area contributed by atoms with Gasteiger partial charge in [-0.2, -0.15) is 0 Å². The highest BCUT2D eigenvalue weighted by molar-refractivity contribution is 5.86. The molecule has 1 aromatic rings. The number of nitrogens with zero attached hydrogens (tertiary/aromatic N) is 4. The average Bonchev–Trinajstić information content (AvgIpc) is 2.73. The Morgan fingerprint density at radius 3 is 2.65 bits per heavy atom. The molecule has 1 aliphatic rings. The van der Waals surface area contributed by atoms with Crippen LogP contribution < -0.4 is 0 Å². The highest BCUT2D eigenvalue weighted by Crippen LogP contribution is 2.29. The van der Waals surface area contributed by atoms with Gasteiger partial charge in [0.1, 0.15) is 0 Å². The van der Waals surface area contributed by atoms with Gasteiger partial charge < -0.3 is 10.0 Å². The molecule has 0 aliphatic carbocycles. The van der Waals surface area contributed by atoms with Crippen LogP contribution in [0.1, 0.15) is 41.9 Å². The van der Waals surface area contributed by atoms with Crippen molar-refractivity contribution in [3.8, 4) is 0 Å². The van der Waals surface area contributed by atoms with Gasteiger partial charge >= 0.3 is 5.97 Å². The largest absolute Gasteiger partial charge is 0.476 e.